The van der Waals surface area contributed by atoms with E-state index in [1.165, 1.54) is 0 Å². The van der Waals surface area contributed by atoms with Crippen molar-refractivity contribution in [3.8, 4) is 5.75 Å². The number of ether oxygens (including phenoxy) is 1. The smallest absolute Gasteiger partial charge is 0.227 e. The Morgan fingerprint density at radius 1 is 1.39 bits per heavy atom. The fraction of sp³-hybridized carbons (Fsp3) is 0.462. The monoisotopic (exact) mass is 250 g/mol. The summed E-state index contributed by atoms with van der Waals surface area (Å²) in [5, 5.41) is 14.6. The third-order valence-corrected chi connectivity index (χ3v) is 2.78. The summed E-state index contributed by atoms with van der Waals surface area (Å²) >= 11 is 0. The van der Waals surface area contributed by atoms with E-state index in [0.717, 1.165) is 30.0 Å². The highest BCUT2D eigenvalue weighted by Crippen LogP contribution is 2.28. The summed E-state index contributed by atoms with van der Waals surface area (Å²) in [6.45, 7) is 1.98. The van der Waals surface area contributed by atoms with Crippen molar-refractivity contribution < 1.29 is 14.6 Å². The molecule has 98 valence electrons. The Bertz CT molecular complexity index is 421. The van der Waals surface area contributed by atoms with Gasteiger partial charge < -0.3 is 20.5 Å². The molecule has 1 heterocycles. The van der Waals surface area contributed by atoms with Crippen LogP contribution < -0.4 is 15.4 Å². The van der Waals surface area contributed by atoms with E-state index in [2.05, 4.69) is 10.6 Å². The predicted octanol–water partition coefficient (Wildman–Crippen LogP) is 0.532. The number of amides is 1. The Labute approximate surface area is 106 Å². The lowest BCUT2D eigenvalue weighted by atomic mass is 10.1. The van der Waals surface area contributed by atoms with Gasteiger partial charge in [0.1, 0.15) is 5.75 Å². The molecule has 0 atom stereocenters. The molecular weight excluding hydrogens is 232 g/mol. The fourth-order valence-corrected chi connectivity index (χ4v) is 1.86. The molecule has 5 nitrogen and oxygen atoms in total. The molecule has 1 aromatic rings. The second-order valence-electron chi connectivity index (χ2n) is 4.20. The molecule has 2 rings (SSSR count). The van der Waals surface area contributed by atoms with Gasteiger partial charge in [-0.25, -0.2) is 0 Å². The summed E-state index contributed by atoms with van der Waals surface area (Å²) < 4.78 is 5.48. The topological polar surface area (TPSA) is 70.6 Å². The quantitative estimate of drug-likeness (QED) is 0.667. The minimum absolute atomic E-state index is 0.00990. The maximum absolute atomic E-state index is 11.4. The van der Waals surface area contributed by atoms with Gasteiger partial charge in [-0.2, -0.15) is 0 Å². The van der Waals surface area contributed by atoms with Crippen molar-refractivity contribution in [3.63, 3.8) is 0 Å². The number of anilines is 1. The van der Waals surface area contributed by atoms with Gasteiger partial charge in [0.25, 0.3) is 0 Å². The zero-order valence-corrected chi connectivity index (χ0v) is 10.2. The number of hydrogen-bond donors (Lipinski definition) is 3. The molecule has 5 heteroatoms. The van der Waals surface area contributed by atoms with Gasteiger partial charge in [0, 0.05) is 6.54 Å². The minimum atomic E-state index is -0.00990. The number of carbonyl (C=O) groups is 1. The molecule has 1 amide bonds. The second kappa shape index (κ2) is 6.37. The van der Waals surface area contributed by atoms with E-state index >= 15 is 0 Å². The Morgan fingerprint density at radius 2 is 2.28 bits per heavy atom. The summed E-state index contributed by atoms with van der Waals surface area (Å²) in [7, 11) is 0. The predicted molar refractivity (Wildman–Crippen MR) is 68.8 cm³/mol. The Balaban J connectivity index is 1.99. The van der Waals surface area contributed by atoms with Crippen molar-refractivity contribution in [1.82, 2.24) is 5.32 Å². The maximum Gasteiger partial charge on any atom is 0.227 e. The van der Waals surface area contributed by atoms with Crippen molar-refractivity contribution in [2.45, 2.75) is 12.8 Å². The van der Waals surface area contributed by atoms with Crippen molar-refractivity contribution in [2.24, 2.45) is 0 Å². The molecule has 3 N–H and O–H groups in total. The highest BCUT2D eigenvalue weighted by Gasteiger charge is 2.13. The van der Waals surface area contributed by atoms with Crippen LogP contribution in [-0.4, -0.2) is 37.3 Å². The minimum Gasteiger partial charge on any atom is -0.491 e. The Hall–Kier alpha value is -1.59. The number of fused-ring (bicyclic) bond motifs is 1. The highest BCUT2D eigenvalue weighted by atomic mass is 16.5. The number of aliphatic hydroxyl groups excluding tert-OH is 1. The number of aliphatic hydroxyl groups is 1. The summed E-state index contributed by atoms with van der Waals surface area (Å²) in [6, 6.07) is 5.83. The summed E-state index contributed by atoms with van der Waals surface area (Å²) in [6.07, 6.45) is 1.24. The van der Waals surface area contributed by atoms with Crippen LogP contribution in [0.25, 0.3) is 0 Å². The van der Waals surface area contributed by atoms with Crippen molar-refractivity contribution >= 4 is 11.6 Å². The van der Waals surface area contributed by atoms with Crippen LogP contribution in [0.3, 0.4) is 0 Å². The van der Waals surface area contributed by atoms with Crippen molar-refractivity contribution in [3.05, 3.63) is 23.8 Å². The molecule has 0 spiro atoms. The van der Waals surface area contributed by atoms with Crippen LogP contribution in [0, 0.1) is 0 Å². The maximum atomic E-state index is 11.4. The second-order valence-corrected chi connectivity index (χ2v) is 4.20. The SMILES string of the molecule is O=C1CCOc2ccc(CCNCCO)cc2N1. The molecule has 0 aromatic heterocycles. The van der Waals surface area contributed by atoms with Gasteiger partial charge in [-0.05, 0) is 30.7 Å². The van der Waals surface area contributed by atoms with Crippen molar-refractivity contribution in [1.29, 1.82) is 0 Å². The Kier molecular flexibility index (Phi) is 4.55. The highest BCUT2D eigenvalue weighted by molar-refractivity contribution is 5.93. The number of benzene rings is 1. The summed E-state index contributed by atoms with van der Waals surface area (Å²) in [5.74, 6) is 0.720. The van der Waals surface area contributed by atoms with E-state index in [9.17, 15) is 4.79 Å². The van der Waals surface area contributed by atoms with Gasteiger partial charge >= 0.3 is 0 Å². The van der Waals surface area contributed by atoms with Crippen LogP contribution in [0.15, 0.2) is 18.2 Å². The van der Waals surface area contributed by atoms with Crippen LogP contribution in [0.2, 0.25) is 0 Å². The zero-order valence-electron chi connectivity index (χ0n) is 10.2. The first kappa shape index (κ1) is 12.9. The summed E-state index contributed by atoms with van der Waals surface area (Å²) in [5.41, 5.74) is 1.88. The molecule has 0 saturated carbocycles. The van der Waals surface area contributed by atoms with E-state index in [0.29, 0.717) is 19.6 Å². The molecule has 1 aliphatic rings. The van der Waals surface area contributed by atoms with Crippen LogP contribution in [0.4, 0.5) is 5.69 Å². The van der Waals surface area contributed by atoms with Crippen molar-refractivity contribution in [2.75, 3.05) is 31.6 Å². The summed E-state index contributed by atoms with van der Waals surface area (Å²) in [4.78, 5) is 11.4. The lowest BCUT2D eigenvalue weighted by molar-refractivity contribution is -0.116. The van der Waals surface area contributed by atoms with E-state index in [1.807, 2.05) is 18.2 Å². The molecule has 0 radical (unpaired) electrons. The van der Waals surface area contributed by atoms with Gasteiger partial charge in [0.05, 0.1) is 25.3 Å². The molecule has 0 saturated heterocycles. The standard InChI is InChI=1S/C13H18N2O3/c16-7-6-14-5-3-10-1-2-12-11(9-10)15-13(17)4-8-18-12/h1-2,9,14,16H,3-8H2,(H,15,17). The third kappa shape index (κ3) is 3.45. The molecule has 0 bridgehead atoms. The number of carbonyl (C=O) groups excluding carboxylic acids is 1. The Morgan fingerprint density at radius 3 is 3.11 bits per heavy atom. The van der Waals surface area contributed by atoms with Gasteiger partial charge in [-0.1, -0.05) is 6.07 Å². The first-order valence-corrected chi connectivity index (χ1v) is 6.17. The van der Waals surface area contributed by atoms with E-state index in [1.54, 1.807) is 0 Å². The largest absolute Gasteiger partial charge is 0.491 e. The number of rotatable bonds is 5. The average molecular weight is 250 g/mol. The molecule has 0 unspecified atom stereocenters. The molecule has 1 aromatic carbocycles. The van der Waals surface area contributed by atoms with Gasteiger partial charge in [0.2, 0.25) is 5.91 Å². The molecule has 18 heavy (non-hydrogen) atoms. The first-order chi connectivity index (χ1) is 8.79. The molecule has 0 fully saturated rings. The normalized spacial score (nSPS) is 14.4. The van der Waals surface area contributed by atoms with Crippen LogP contribution >= 0.6 is 0 Å². The number of nitrogens with one attached hydrogen (secondary N) is 2. The van der Waals surface area contributed by atoms with Crippen LogP contribution in [0.5, 0.6) is 5.75 Å². The number of hydrogen-bond acceptors (Lipinski definition) is 4. The van der Waals surface area contributed by atoms with Crippen LogP contribution in [0.1, 0.15) is 12.0 Å². The van der Waals surface area contributed by atoms with E-state index in [4.69, 9.17) is 9.84 Å². The first-order valence-electron chi connectivity index (χ1n) is 6.17. The zero-order chi connectivity index (χ0) is 12.8. The average Bonchev–Trinajstić information content (AvgIpc) is 2.55. The molecule has 0 aliphatic carbocycles. The van der Waals surface area contributed by atoms with Gasteiger partial charge in [-0.3, -0.25) is 4.79 Å². The van der Waals surface area contributed by atoms with Gasteiger partial charge in [-0.15, -0.1) is 0 Å². The lowest BCUT2D eigenvalue weighted by Gasteiger charge is -2.09. The van der Waals surface area contributed by atoms with E-state index in [-0.39, 0.29) is 12.5 Å². The van der Waals surface area contributed by atoms with Crippen LogP contribution in [-0.2, 0) is 11.2 Å². The molecule has 1 aliphatic heterocycles. The third-order valence-electron chi connectivity index (χ3n) is 2.78. The fourth-order valence-electron chi connectivity index (χ4n) is 1.86. The van der Waals surface area contributed by atoms with Gasteiger partial charge in [0.15, 0.2) is 0 Å². The van der Waals surface area contributed by atoms with E-state index < -0.39 is 0 Å². The lowest BCUT2D eigenvalue weighted by Crippen LogP contribution is -2.20. The molecular formula is C13H18N2O3.